The van der Waals surface area contributed by atoms with Crippen LogP contribution in [0.3, 0.4) is 0 Å². The molecule has 2 aromatic rings. The molecule has 2 rings (SSSR count). The van der Waals surface area contributed by atoms with Crippen molar-refractivity contribution in [3.8, 4) is 11.5 Å². The summed E-state index contributed by atoms with van der Waals surface area (Å²) in [6.45, 7) is 0. The molecule has 0 aliphatic rings. The van der Waals surface area contributed by atoms with Gasteiger partial charge in [0.05, 0.1) is 0 Å². The minimum Gasteiger partial charge on any atom is -0.456 e. The highest BCUT2D eigenvalue weighted by Crippen LogP contribution is 2.33. The summed E-state index contributed by atoms with van der Waals surface area (Å²) in [5.41, 5.74) is 1.16. The molecule has 0 unspecified atom stereocenters. The highest BCUT2D eigenvalue weighted by Gasteiger charge is 2.06. The molecular formula is C14H13BrOS. The highest BCUT2D eigenvalue weighted by atomic mass is 79.9. The van der Waals surface area contributed by atoms with Crippen LogP contribution in [0.1, 0.15) is 5.56 Å². The Labute approximate surface area is 114 Å². The standard InChI is InChI=1S/C14H13BrOS/c1-17-14-9-5-4-8-13(14)16-12-7-3-2-6-11(12)10-15/h2-9H,10H2,1H3. The van der Waals surface area contributed by atoms with E-state index in [9.17, 15) is 0 Å². The Kier molecular flexibility index (Phi) is 4.51. The minimum absolute atomic E-state index is 0.796. The number of para-hydroxylation sites is 2. The smallest absolute Gasteiger partial charge is 0.140 e. The van der Waals surface area contributed by atoms with E-state index in [2.05, 4.69) is 34.3 Å². The van der Waals surface area contributed by atoms with E-state index < -0.39 is 0 Å². The van der Waals surface area contributed by atoms with Gasteiger partial charge in [0.25, 0.3) is 0 Å². The van der Waals surface area contributed by atoms with Gasteiger partial charge in [0, 0.05) is 15.8 Å². The van der Waals surface area contributed by atoms with Crippen molar-refractivity contribution in [2.45, 2.75) is 10.2 Å². The molecule has 0 bridgehead atoms. The fraction of sp³-hybridized carbons (Fsp3) is 0.143. The predicted molar refractivity (Wildman–Crippen MR) is 77.4 cm³/mol. The van der Waals surface area contributed by atoms with Crippen LogP contribution in [0.4, 0.5) is 0 Å². The Balaban J connectivity index is 2.31. The van der Waals surface area contributed by atoms with E-state index in [4.69, 9.17) is 4.74 Å². The van der Waals surface area contributed by atoms with Gasteiger partial charge in [0.1, 0.15) is 11.5 Å². The molecule has 17 heavy (non-hydrogen) atoms. The van der Waals surface area contributed by atoms with Gasteiger partial charge in [0.2, 0.25) is 0 Å². The van der Waals surface area contributed by atoms with Crippen LogP contribution >= 0.6 is 27.7 Å². The summed E-state index contributed by atoms with van der Waals surface area (Å²) >= 11 is 5.16. The van der Waals surface area contributed by atoms with Crippen LogP contribution in [0, 0.1) is 0 Å². The van der Waals surface area contributed by atoms with Crippen molar-refractivity contribution in [2.75, 3.05) is 6.26 Å². The summed E-state index contributed by atoms with van der Waals surface area (Å²) in [5, 5.41) is 0.796. The molecule has 0 spiro atoms. The first-order valence-electron chi connectivity index (χ1n) is 5.30. The molecule has 0 N–H and O–H groups in total. The van der Waals surface area contributed by atoms with Crippen LogP contribution in [-0.4, -0.2) is 6.26 Å². The normalized spacial score (nSPS) is 10.2. The number of thioether (sulfide) groups is 1. The van der Waals surface area contributed by atoms with Crippen molar-refractivity contribution in [2.24, 2.45) is 0 Å². The van der Waals surface area contributed by atoms with Gasteiger partial charge >= 0.3 is 0 Å². The first-order valence-corrected chi connectivity index (χ1v) is 7.64. The molecule has 0 aliphatic carbocycles. The van der Waals surface area contributed by atoms with Crippen LogP contribution in [0.25, 0.3) is 0 Å². The first kappa shape index (κ1) is 12.5. The largest absolute Gasteiger partial charge is 0.456 e. The lowest BCUT2D eigenvalue weighted by molar-refractivity contribution is 0.467. The molecular weight excluding hydrogens is 296 g/mol. The van der Waals surface area contributed by atoms with Crippen LogP contribution in [0.5, 0.6) is 11.5 Å². The zero-order valence-corrected chi connectivity index (χ0v) is 11.9. The second kappa shape index (κ2) is 6.12. The van der Waals surface area contributed by atoms with Crippen LogP contribution < -0.4 is 4.74 Å². The van der Waals surface area contributed by atoms with Gasteiger partial charge in [-0.05, 0) is 24.5 Å². The quantitative estimate of drug-likeness (QED) is 0.574. The average molecular weight is 309 g/mol. The Bertz CT molecular complexity index is 454. The van der Waals surface area contributed by atoms with Crippen LogP contribution in [0.15, 0.2) is 53.4 Å². The summed E-state index contributed by atoms with van der Waals surface area (Å²) < 4.78 is 5.97. The van der Waals surface area contributed by atoms with E-state index in [1.165, 1.54) is 0 Å². The fourth-order valence-corrected chi connectivity index (χ4v) is 2.52. The number of halogens is 1. The minimum atomic E-state index is 0.796. The Morgan fingerprint density at radius 1 is 1.00 bits per heavy atom. The van der Waals surface area contributed by atoms with E-state index >= 15 is 0 Å². The number of alkyl halides is 1. The van der Waals surface area contributed by atoms with Gasteiger partial charge in [-0.15, -0.1) is 11.8 Å². The Hall–Kier alpha value is -0.930. The van der Waals surface area contributed by atoms with Gasteiger partial charge in [-0.3, -0.25) is 0 Å². The third-order valence-electron chi connectivity index (χ3n) is 2.41. The second-order valence-corrected chi connectivity index (χ2v) is 4.90. The van der Waals surface area contributed by atoms with Crippen LogP contribution in [-0.2, 0) is 5.33 Å². The summed E-state index contributed by atoms with van der Waals surface area (Å²) in [6.07, 6.45) is 2.05. The Morgan fingerprint density at radius 3 is 2.35 bits per heavy atom. The zero-order valence-electron chi connectivity index (χ0n) is 9.52. The van der Waals surface area contributed by atoms with Crippen molar-refractivity contribution in [1.82, 2.24) is 0 Å². The number of rotatable bonds is 4. The number of ether oxygens (including phenoxy) is 1. The topological polar surface area (TPSA) is 9.23 Å². The lowest BCUT2D eigenvalue weighted by Gasteiger charge is -2.11. The van der Waals surface area contributed by atoms with Crippen molar-refractivity contribution in [3.63, 3.8) is 0 Å². The van der Waals surface area contributed by atoms with Gasteiger partial charge in [-0.2, -0.15) is 0 Å². The van der Waals surface area contributed by atoms with E-state index in [0.29, 0.717) is 0 Å². The average Bonchev–Trinajstić information content (AvgIpc) is 2.40. The van der Waals surface area contributed by atoms with Gasteiger partial charge in [-0.1, -0.05) is 46.3 Å². The SMILES string of the molecule is CSc1ccccc1Oc1ccccc1CBr. The maximum atomic E-state index is 5.97. The van der Waals surface area contributed by atoms with E-state index in [-0.39, 0.29) is 0 Å². The molecule has 2 aromatic carbocycles. The molecule has 0 aromatic heterocycles. The molecule has 0 saturated heterocycles. The first-order chi connectivity index (χ1) is 8.35. The fourth-order valence-electron chi connectivity index (χ4n) is 1.54. The van der Waals surface area contributed by atoms with Crippen LogP contribution in [0.2, 0.25) is 0 Å². The third kappa shape index (κ3) is 3.05. The maximum Gasteiger partial charge on any atom is 0.140 e. The molecule has 0 fully saturated rings. The van der Waals surface area contributed by atoms with Gasteiger partial charge in [0.15, 0.2) is 0 Å². The lowest BCUT2D eigenvalue weighted by Crippen LogP contribution is -1.90. The molecule has 0 heterocycles. The maximum absolute atomic E-state index is 5.97. The third-order valence-corrected chi connectivity index (χ3v) is 3.79. The highest BCUT2D eigenvalue weighted by molar-refractivity contribution is 9.08. The van der Waals surface area contributed by atoms with E-state index in [1.54, 1.807) is 11.8 Å². The summed E-state index contributed by atoms with van der Waals surface area (Å²) in [4.78, 5) is 1.15. The van der Waals surface area contributed by atoms with E-state index in [1.807, 2.05) is 36.4 Å². The van der Waals surface area contributed by atoms with Crippen molar-refractivity contribution >= 4 is 27.7 Å². The van der Waals surface area contributed by atoms with E-state index in [0.717, 1.165) is 27.3 Å². The van der Waals surface area contributed by atoms with Gasteiger partial charge in [-0.25, -0.2) is 0 Å². The molecule has 0 radical (unpaired) electrons. The molecule has 1 nitrogen and oxygen atoms in total. The molecule has 0 aliphatic heterocycles. The molecule has 0 amide bonds. The number of benzene rings is 2. The second-order valence-electron chi connectivity index (χ2n) is 3.49. The number of hydrogen-bond acceptors (Lipinski definition) is 2. The number of hydrogen-bond donors (Lipinski definition) is 0. The van der Waals surface area contributed by atoms with Crippen molar-refractivity contribution in [1.29, 1.82) is 0 Å². The van der Waals surface area contributed by atoms with Crippen molar-refractivity contribution in [3.05, 3.63) is 54.1 Å². The summed E-state index contributed by atoms with van der Waals surface area (Å²) in [5.74, 6) is 1.82. The zero-order chi connectivity index (χ0) is 12.1. The van der Waals surface area contributed by atoms with Crippen molar-refractivity contribution < 1.29 is 4.74 Å². The summed E-state index contributed by atoms with van der Waals surface area (Å²) in [7, 11) is 0. The van der Waals surface area contributed by atoms with Gasteiger partial charge < -0.3 is 4.74 Å². The summed E-state index contributed by atoms with van der Waals surface area (Å²) in [6, 6.07) is 16.1. The molecule has 3 heteroatoms. The molecule has 0 atom stereocenters. The Morgan fingerprint density at radius 2 is 1.65 bits per heavy atom. The molecule has 0 saturated carbocycles. The lowest BCUT2D eigenvalue weighted by atomic mass is 10.2. The molecule has 88 valence electrons. The predicted octanol–water partition coefficient (Wildman–Crippen LogP) is 5.10. The monoisotopic (exact) mass is 308 g/mol.